The van der Waals surface area contributed by atoms with Crippen molar-refractivity contribution in [1.29, 1.82) is 0 Å². The number of anilines is 12. The summed E-state index contributed by atoms with van der Waals surface area (Å²) in [6.45, 7) is 0. The van der Waals surface area contributed by atoms with Gasteiger partial charge in [0.25, 0.3) is 0 Å². The zero-order chi connectivity index (χ0) is 86.5. The first-order valence-corrected chi connectivity index (χ1v) is 46.2. The van der Waals surface area contributed by atoms with Crippen LogP contribution in [0.3, 0.4) is 0 Å². The average Bonchev–Trinajstić information content (AvgIpc) is 0.694. The number of hydrogen-bond donors (Lipinski definition) is 2. The molecule has 4 aliphatic rings. The molecule has 10 aromatic rings. The summed E-state index contributed by atoms with van der Waals surface area (Å²) in [6, 6.07) is 0.578. The van der Waals surface area contributed by atoms with Crippen LogP contribution in [-0.2, 0) is 141 Å². The summed E-state index contributed by atoms with van der Waals surface area (Å²) >= 11 is 0. The molecule has 612 valence electrons. The summed E-state index contributed by atoms with van der Waals surface area (Å²) in [7, 11) is -74.4. The predicted molar refractivity (Wildman–Crippen MR) is 367 cm³/mol. The third-order valence-corrected chi connectivity index (χ3v) is 27.1. The number of hydrogen-bond acceptors (Lipinski definition) is 43. The van der Waals surface area contributed by atoms with Crippen LogP contribution in [-0.4, -0.2) is 187 Å². The molecule has 4 aliphatic heterocycles. The Kier molecular flexibility index (Phi) is 45.7. The fourth-order valence-electron chi connectivity index (χ4n) is 12.6. The molecule has 14 rings (SSSR count). The second-order valence-electron chi connectivity index (χ2n) is 23.9. The van der Waals surface area contributed by atoms with Gasteiger partial charge in [-0.1, -0.05) is 0 Å². The van der Waals surface area contributed by atoms with Crippen LogP contribution in [0.5, 0.6) is 0 Å². The summed E-state index contributed by atoms with van der Waals surface area (Å²) in [6.07, 6.45) is -2.42. The summed E-state index contributed by atoms with van der Waals surface area (Å²) < 4.78 is 466. The monoisotopic (exact) mass is 2110 g/mol. The van der Waals surface area contributed by atoms with Crippen LogP contribution in [0.4, 0.5) is 68.2 Å². The van der Waals surface area contributed by atoms with Crippen LogP contribution in [0.25, 0.3) is 43.1 Å². The Morgan fingerprint density at radius 1 is 0.219 bits per heavy atom. The van der Waals surface area contributed by atoms with E-state index in [0.29, 0.717) is 0 Å². The van der Waals surface area contributed by atoms with E-state index in [9.17, 15) is 175 Å². The standard InChI is InChI=1S/C57H36N6O41S12.12Na/c64-19-60(37-9-27(105(69,70)71)1-23-5-31(109(81,82)83)13-43(47(23)37)113(93,94)95)41-17-35(51-55(53(41)58-51)62(21-66)39-11-29(107(75,76)77)3-25-7-33(111(87,88)89)15-45(49(25)39)115(99,100)101)57(68)36-18-42(61(20-65)38-10-28(106(72,73)74)2-24-6-32(110(84,85)86)14-44(48(24)38)114(96,97)98)54-56(52(36)59-54)63(22-67)40-12-30(108(78,79)80)4-26-8-34(112(90,91)92)16-46(50(26)40)116(102,103)104;;;;;;;;;;;;/h1-22,58-59H,(H,69,70,71)(H,72,73,74)(H,75,76,77)(H,78,79,80)(H,81,82,83)(H,84,85,86)(H,87,88,89)(H,90,91,92)(H,93,94,95)(H,96,97,98)(H,99,100,101)(H,102,103,104);;;;;;;;;;;;/q;12*+1/p-12. The van der Waals surface area contributed by atoms with Crippen molar-refractivity contribution in [3.05, 3.63) is 120 Å². The minimum Gasteiger partial charge on any atom is -0.744 e. The Morgan fingerprint density at radius 2 is 0.383 bits per heavy atom. The molecular formula is C57H24N6Na12O41S12. The van der Waals surface area contributed by atoms with E-state index in [4.69, 9.17) is 0 Å². The minimum atomic E-state index is -6.41. The van der Waals surface area contributed by atoms with Gasteiger partial charge in [-0.25, -0.2) is 101 Å². The zero-order valence-corrected chi connectivity index (χ0v) is 100. The molecule has 0 saturated heterocycles. The Hall–Kier alpha value is 1.31. The van der Waals surface area contributed by atoms with Crippen LogP contribution >= 0.6 is 0 Å². The predicted octanol–water partition coefficient (Wildman–Crippen LogP) is -36.3. The second kappa shape index (κ2) is 45.3. The van der Waals surface area contributed by atoms with Gasteiger partial charge in [0.1, 0.15) is 121 Å². The molecule has 0 aliphatic carbocycles. The van der Waals surface area contributed by atoms with Crippen molar-refractivity contribution in [2.75, 3.05) is 30.2 Å². The van der Waals surface area contributed by atoms with E-state index in [1.807, 2.05) is 0 Å². The van der Waals surface area contributed by atoms with Gasteiger partial charge in [0.2, 0.25) is 25.6 Å². The number of nitrogens with zero attached hydrogens (tertiary/aromatic N) is 4. The van der Waals surface area contributed by atoms with Gasteiger partial charge >= 0.3 is 355 Å². The summed E-state index contributed by atoms with van der Waals surface area (Å²) in [5, 5.41) is -6.25. The van der Waals surface area contributed by atoms with Gasteiger partial charge in [-0.2, -0.15) is 0 Å². The Bertz CT molecular complexity index is 7050. The number of benzene rings is 10. The van der Waals surface area contributed by atoms with E-state index >= 15 is 4.79 Å². The molecule has 71 heteroatoms. The molecule has 0 fully saturated rings. The molecule has 0 aromatic heterocycles. The van der Waals surface area contributed by atoms with Gasteiger partial charge in [-0.15, -0.1) is 0 Å². The van der Waals surface area contributed by atoms with Crippen molar-refractivity contribution in [2.45, 2.75) is 58.7 Å². The number of ketones is 1. The van der Waals surface area contributed by atoms with E-state index in [2.05, 4.69) is 10.6 Å². The van der Waals surface area contributed by atoms with Crippen LogP contribution in [0.2, 0.25) is 0 Å². The molecule has 0 atom stereocenters. The molecule has 4 amide bonds. The maximum atomic E-state index is 16.6. The van der Waals surface area contributed by atoms with Gasteiger partial charge < -0.3 is 65.3 Å². The average molecular weight is 2110 g/mol. The molecule has 0 unspecified atom stereocenters. The van der Waals surface area contributed by atoms with E-state index in [1.165, 1.54) is 0 Å². The van der Waals surface area contributed by atoms with Gasteiger partial charge in [-0.05, 0) is 131 Å². The number of amides is 4. The number of nitrogens with one attached hydrogen (secondary N) is 2. The Balaban J connectivity index is 0.0000134. The Morgan fingerprint density at radius 3 is 0.539 bits per heavy atom. The van der Waals surface area contributed by atoms with Crippen molar-refractivity contribution < 1.29 is 534 Å². The quantitative estimate of drug-likeness (QED) is 0.0220. The van der Waals surface area contributed by atoms with Gasteiger partial charge in [0, 0.05) is 21.5 Å². The topological polar surface area (TPSA) is 809 Å². The molecule has 128 heavy (non-hydrogen) atoms. The zero-order valence-electron chi connectivity index (χ0n) is 66.6. The largest absolute Gasteiger partial charge is 1.00 e. The van der Waals surface area contributed by atoms with Crippen molar-refractivity contribution in [2.24, 2.45) is 0 Å². The van der Waals surface area contributed by atoms with Crippen LogP contribution in [0.1, 0.15) is 15.9 Å². The minimum absolute atomic E-state index is 0. The van der Waals surface area contributed by atoms with Crippen molar-refractivity contribution >= 4 is 264 Å². The molecular weight excluding hydrogens is 2090 g/mol. The first-order valence-electron chi connectivity index (χ1n) is 29.3. The molecule has 0 spiro atoms. The number of carbonyl (C=O) groups excluding carboxylic acids is 5. The first kappa shape index (κ1) is 129. The fourth-order valence-corrected chi connectivity index (χ4v) is 20.1. The summed E-state index contributed by atoms with van der Waals surface area (Å²) in [4.78, 5) is 51.3. The van der Waals surface area contributed by atoms with Crippen LogP contribution in [0, 0.1) is 0 Å². The third kappa shape index (κ3) is 25.7. The maximum Gasteiger partial charge on any atom is 1.00 e. The smallest absolute Gasteiger partial charge is 0.744 e. The maximum absolute atomic E-state index is 16.6. The van der Waals surface area contributed by atoms with Gasteiger partial charge in [0.15, 0.2) is 5.78 Å². The summed E-state index contributed by atoms with van der Waals surface area (Å²) in [5.74, 6) is -2.07. The van der Waals surface area contributed by atoms with Crippen molar-refractivity contribution in [3.63, 3.8) is 0 Å². The van der Waals surface area contributed by atoms with E-state index in [-0.39, 0.29) is 483 Å². The first-order chi connectivity index (χ1) is 52.8. The number of rotatable bonds is 26. The molecule has 0 radical (unpaired) electrons. The van der Waals surface area contributed by atoms with Crippen molar-refractivity contribution in [3.8, 4) is 0 Å². The SMILES string of the molecule is O=CN(c1cc(C(=O)c2cc(N(C=O)c3cc(S(=O)(=O)[O-])cc4cc(S(=O)(=O)[O-])cc(S(=O)(=O)[O-])c34)c3c(N(C=O)c4cc(S(=O)(=O)[O-])cc5cc(S(=O)(=O)[O-])cc(S(=O)(=O)[O-])c45)c2N3)c2c(N(C=O)c3cc(S(=O)(=O)[O-])cc4cc(S(=O)(=O)[O-])cc(S(=O)(=O)[O-])c34)c1N2)c1cc(S(=O)(=O)[O-])cc2cc(S(=O)(=O)[O-])cc(S(=O)(=O)[O-])c12.[Na+].[Na+].[Na+].[Na+].[Na+].[Na+].[Na+].[Na+].[Na+].[Na+].[Na+].[Na+]. The summed E-state index contributed by atoms with van der Waals surface area (Å²) in [5.41, 5.74) is -19.1. The molecule has 0 saturated carbocycles. The van der Waals surface area contributed by atoms with Gasteiger partial charge in [-0.3, -0.25) is 43.6 Å². The normalized spacial score (nSPS) is 12.3. The third-order valence-electron chi connectivity index (χ3n) is 17.2. The molecule has 4 heterocycles. The van der Waals surface area contributed by atoms with Crippen molar-refractivity contribution in [1.82, 2.24) is 0 Å². The van der Waals surface area contributed by atoms with Crippen LogP contribution in [0.15, 0.2) is 168 Å². The van der Waals surface area contributed by atoms with E-state index in [0.717, 1.165) is 0 Å². The Labute approximate surface area is 989 Å². The molecule has 2 N–H and O–H groups in total. The number of fused-ring (bicyclic) bond motifs is 8. The van der Waals surface area contributed by atoms with E-state index in [1.54, 1.807) is 0 Å². The fraction of sp³-hybridized carbons (Fsp3) is 0. The molecule has 10 aromatic carbocycles. The van der Waals surface area contributed by atoms with Gasteiger partial charge in [0.05, 0.1) is 138 Å². The van der Waals surface area contributed by atoms with E-state index < -0.39 is 334 Å². The molecule has 4 bridgehead atoms. The van der Waals surface area contributed by atoms with Crippen LogP contribution < -0.4 is 385 Å². The number of carbonyl (C=O) groups is 5. The second-order valence-corrected chi connectivity index (χ2v) is 40.3. The molecule has 47 nitrogen and oxygen atoms in total.